The molecular formula is C45H40N2OS. The van der Waals surface area contributed by atoms with Crippen molar-refractivity contribution in [2.45, 2.75) is 57.8 Å². The lowest BCUT2D eigenvalue weighted by atomic mass is 9.69. The Morgan fingerprint density at radius 2 is 1.27 bits per heavy atom. The van der Waals surface area contributed by atoms with Crippen molar-refractivity contribution >= 4 is 21.6 Å². The molecule has 0 saturated heterocycles. The van der Waals surface area contributed by atoms with Gasteiger partial charge in [-0.25, -0.2) is 4.98 Å². The fraction of sp³-hybridized carbons (Fsp3) is 0.200. The summed E-state index contributed by atoms with van der Waals surface area (Å²) in [5, 5.41) is 12.5. The molecule has 0 fully saturated rings. The van der Waals surface area contributed by atoms with Crippen LogP contribution in [-0.2, 0) is 16.2 Å². The molecule has 49 heavy (non-hydrogen) atoms. The molecule has 4 heteroatoms. The normalized spacial score (nSPS) is 13.8. The highest BCUT2D eigenvalue weighted by Crippen LogP contribution is 2.56. The average molecular weight is 657 g/mol. The van der Waals surface area contributed by atoms with Gasteiger partial charge in [-0.3, -0.25) is 4.98 Å². The summed E-state index contributed by atoms with van der Waals surface area (Å²) >= 11 is 1.64. The lowest BCUT2D eigenvalue weighted by molar-refractivity contribution is 0.446. The van der Waals surface area contributed by atoms with Crippen LogP contribution in [0, 0.1) is 0 Å². The maximum absolute atomic E-state index is 11.7. The molecule has 0 saturated carbocycles. The Kier molecular flexibility index (Phi) is 7.17. The SMILES string of the molecule is CC(C)(C)c1cc(-c2nc3c(-c4cccc(C5(c6ccccn6)c6ccccc6-c6ccccc65)c4)cccc3s2)c(O)c(C(C)(C)C)c1. The molecular weight excluding hydrogens is 617 g/mol. The number of aromatic nitrogens is 2. The van der Waals surface area contributed by atoms with Crippen LogP contribution < -0.4 is 0 Å². The van der Waals surface area contributed by atoms with Gasteiger partial charge in [-0.15, -0.1) is 11.3 Å². The van der Waals surface area contributed by atoms with Crippen LogP contribution >= 0.6 is 11.3 Å². The van der Waals surface area contributed by atoms with Crippen LogP contribution in [0.15, 0.2) is 128 Å². The van der Waals surface area contributed by atoms with E-state index in [4.69, 9.17) is 9.97 Å². The van der Waals surface area contributed by atoms with Crippen LogP contribution in [0.5, 0.6) is 5.75 Å². The van der Waals surface area contributed by atoms with E-state index in [9.17, 15) is 5.11 Å². The molecule has 2 heterocycles. The highest BCUT2D eigenvalue weighted by molar-refractivity contribution is 7.21. The Morgan fingerprint density at radius 3 is 1.92 bits per heavy atom. The number of hydrogen-bond donors (Lipinski definition) is 1. The summed E-state index contributed by atoms with van der Waals surface area (Å²) in [5.41, 5.74) is 12.3. The van der Waals surface area contributed by atoms with Crippen molar-refractivity contribution in [3.63, 3.8) is 0 Å². The van der Waals surface area contributed by atoms with E-state index in [1.165, 1.54) is 33.4 Å². The molecule has 0 unspecified atom stereocenters. The van der Waals surface area contributed by atoms with E-state index in [1.54, 1.807) is 11.3 Å². The summed E-state index contributed by atoms with van der Waals surface area (Å²) in [6.07, 6.45) is 1.90. The van der Waals surface area contributed by atoms with Gasteiger partial charge in [0.1, 0.15) is 10.8 Å². The Hall–Kier alpha value is -5.06. The molecule has 1 N–H and O–H groups in total. The van der Waals surface area contributed by atoms with Crippen LogP contribution in [-0.4, -0.2) is 15.1 Å². The third-order valence-electron chi connectivity index (χ3n) is 10.0. The molecule has 0 radical (unpaired) electrons. The number of aromatic hydroxyl groups is 1. The standard InChI is InChI=1S/C45H40N2OS/c1-43(2,3)30-26-34(41(48)37(27-30)44(4,5)6)42-47-40-31(19-14-22-38(40)49-42)28-15-13-16-29(25-28)45(39-23-11-12-24-46-39)35-20-9-7-17-32(35)33-18-8-10-21-36(33)45/h7-27,48H,1-6H3. The second-order valence-corrected chi connectivity index (χ2v) is 16.3. The fourth-order valence-electron chi connectivity index (χ4n) is 7.57. The number of benzene rings is 5. The fourth-order valence-corrected chi connectivity index (χ4v) is 8.58. The van der Waals surface area contributed by atoms with Crippen LogP contribution in [0.3, 0.4) is 0 Å². The molecule has 0 bridgehead atoms. The summed E-state index contributed by atoms with van der Waals surface area (Å²) < 4.78 is 1.09. The van der Waals surface area contributed by atoms with Crippen LogP contribution in [0.2, 0.25) is 0 Å². The number of hydrogen-bond acceptors (Lipinski definition) is 4. The van der Waals surface area contributed by atoms with Crippen LogP contribution in [0.25, 0.3) is 43.0 Å². The number of thiazole rings is 1. The Labute approximate surface area is 293 Å². The minimum Gasteiger partial charge on any atom is -0.507 e. The van der Waals surface area contributed by atoms with Crippen molar-refractivity contribution in [2.24, 2.45) is 0 Å². The molecule has 3 nitrogen and oxygen atoms in total. The first-order valence-electron chi connectivity index (χ1n) is 17.0. The molecule has 242 valence electrons. The highest BCUT2D eigenvalue weighted by Gasteiger charge is 2.47. The van der Waals surface area contributed by atoms with Crippen molar-refractivity contribution < 1.29 is 5.11 Å². The van der Waals surface area contributed by atoms with Gasteiger partial charge in [0.25, 0.3) is 0 Å². The molecule has 0 spiro atoms. The molecule has 0 amide bonds. The van der Waals surface area contributed by atoms with Gasteiger partial charge in [0.05, 0.1) is 26.9 Å². The summed E-state index contributed by atoms with van der Waals surface area (Å²) in [4.78, 5) is 10.3. The number of pyridine rings is 1. The second kappa shape index (κ2) is 11.2. The van der Waals surface area contributed by atoms with Gasteiger partial charge >= 0.3 is 0 Å². The zero-order valence-corrected chi connectivity index (χ0v) is 29.7. The Morgan fingerprint density at radius 1 is 0.612 bits per heavy atom. The van der Waals surface area contributed by atoms with Gasteiger partial charge in [-0.2, -0.15) is 0 Å². The maximum atomic E-state index is 11.7. The van der Waals surface area contributed by atoms with Crippen molar-refractivity contribution in [2.75, 3.05) is 0 Å². The number of nitrogens with zero attached hydrogens (tertiary/aromatic N) is 2. The topological polar surface area (TPSA) is 46.0 Å². The molecule has 5 aromatic carbocycles. The van der Waals surface area contributed by atoms with E-state index in [-0.39, 0.29) is 10.8 Å². The van der Waals surface area contributed by atoms with Gasteiger partial charge in [-0.1, -0.05) is 133 Å². The van der Waals surface area contributed by atoms with Gasteiger partial charge in [-0.05, 0) is 80.1 Å². The van der Waals surface area contributed by atoms with Crippen LogP contribution in [0.1, 0.15) is 75.1 Å². The van der Waals surface area contributed by atoms with E-state index >= 15 is 0 Å². The molecule has 8 rings (SSSR count). The van der Waals surface area contributed by atoms with E-state index in [1.807, 2.05) is 12.3 Å². The first-order chi connectivity index (χ1) is 23.5. The number of para-hydroxylation sites is 1. The minimum atomic E-state index is -0.575. The number of phenolic OH excluding ortho intramolecular Hbond substituents is 1. The first kappa shape index (κ1) is 31.2. The summed E-state index contributed by atoms with van der Waals surface area (Å²) in [6.45, 7) is 13.1. The third kappa shape index (κ3) is 4.92. The number of phenols is 1. The van der Waals surface area contributed by atoms with Gasteiger partial charge in [0, 0.05) is 17.3 Å². The van der Waals surface area contributed by atoms with E-state index in [0.29, 0.717) is 5.75 Å². The smallest absolute Gasteiger partial charge is 0.129 e. The van der Waals surface area contributed by atoms with E-state index < -0.39 is 5.41 Å². The molecule has 1 aliphatic rings. The zero-order valence-electron chi connectivity index (χ0n) is 28.9. The van der Waals surface area contributed by atoms with Gasteiger partial charge in [0.2, 0.25) is 0 Å². The van der Waals surface area contributed by atoms with Crippen molar-refractivity contribution in [1.29, 1.82) is 0 Å². The molecule has 1 aliphatic carbocycles. The number of rotatable bonds is 4. The third-order valence-corrected chi connectivity index (χ3v) is 11.1. The highest BCUT2D eigenvalue weighted by atomic mass is 32.1. The van der Waals surface area contributed by atoms with Gasteiger partial charge < -0.3 is 5.11 Å². The average Bonchev–Trinajstić information content (AvgIpc) is 3.66. The number of fused-ring (bicyclic) bond motifs is 4. The van der Waals surface area contributed by atoms with Gasteiger partial charge in [0.15, 0.2) is 0 Å². The monoisotopic (exact) mass is 656 g/mol. The maximum Gasteiger partial charge on any atom is 0.129 e. The molecule has 0 aliphatic heterocycles. The predicted octanol–water partition coefficient (Wildman–Crippen LogP) is 11.7. The summed E-state index contributed by atoms with van der Waals surface area (Å²) in [7, 11) is 0. The van der Waals surface area contributed by atoms with Crippen molar-refractivity contribution in [1.82, 2.24) is 9.97 Å². The van der Waals surface area contributed by atoms with E-state index in [2.05, 4.69) is 157 Å². The molecule has 2 aromatic heterocycles. The summed E-state index contributed by atoms with van der Waals surface area (Å²) in [5.74, 6) is 0.318. The largest absolute Gasteiger partial charge is 0.507 e. The van der Waals surface area contributed by atoms with E-state index in [0.717, 1.165) is 43.2 Å². The Balaban J connectivity index is 1.34. The quantitative estimate of drug-likeness (QED) is 0.205. The molecule has 0 atom stereocenters. The lowest BCUT2D eigenvalue weighted by Gasteiger charge is -2.33. The first-order valence-corrected chi connectivity index (χ1v) is 17.8. The van der Waals surface area contributed by atoms with Crippen molar-refractivity contribution in [3.8, 4) is 38.6 Å². The minimum absolute atomic E-state index is 0.0776. The second-order valence-electron chi connectivity index (χ2n) is 15.2. The Bertz CT molecular complexity index is 2330. The molecule has 7 aromatic rings. The predicted molar refractivity (Wildman–Crippen MR) is 205 cm³/mol. The van der Waals surface area contributed by atoms with Crippen molar-refractivity contribution in [3.05, 3.63) is 161 Å². The van der Waals surface area contributed by atoms with Crippen LogP contribution in [0.4, 0.5) is 0 Å². The lowest BCUT2D eigenvalue weighted by Crippen LogP contribution is -2.29. The summed E-state index contributed by atoms with van der Waals surface area (Å²) in [6, 6.07) is 43.4. The zero-order chi connectivity index (χ0) is 34.1.